The molecule has 2 bridgehead atoms. The first-order chi connectivity index (χ1) is 13.0. The third-order valence-corrected chi connectivity index (χ3v) is 7.49. The zero-order valence-electron chi connectivity index (χ0n) is 15.7. The molecule has 4 aliphatic rings. The van der Waals surface area contributed by atoms with Crippen molar-refractivity contribution in [1.29, 1.82) is 0 Å². The van der Waals surface area contributed by atoms with Gasteiger partial charge in [0.1, 0.15) is 5.82 Å². The van der Waals surface area contributed by atoms with Crippen molar-refractivity contribution in [2.24, 2.45) is 17.8 Å². The van der Waals surface area contributed by atoms with Crippen LogP contribution in [-0.4, -0.2) is 69.8 Å². The van der Waals surface area contributed by atoms with Crippen LogP contribution in [0.4, 0.5) is 5.13 Å². The third kappa shape index (κ3) is 2.89. The summed E-state index contributed by atoms with van der Waals surface area (Å²) in [6, 6.07) is 0. The number of nitrogens with zero attached hydrogens (tertiary/aromatic N) is 4. The molecule has 27 heavy (non-hydrogen) atoms. The number of fused-ring (bicyclic) bond motifs is 4. The Bertz CT molecular complexity index is 781. The molecule has 3 fully saturated rings. The lowest BCUT2D eigenvalue weighted by atomic mass is 9.82. The summed E-state index contributed by atoms with van der Waals surface area (Å²) in [5, 5.41) is 11.8. The van der Waals surface area contributed by atoms with Gasteiger partial charge < -0.3 is 19.6 Å². The van der Waals surface area contributed by atoms with Crippen molar-refractivity contribution in [3.05, 3.63) is 17.5 Å². The molecule has 1 unspecified atom stereocenters. The molecule has 0 spiro atoms. The van der Waals surface area contributed by atoms with E-state index in [-0.39, 0.29) is 35.9 Å². The molecule has 5 heterocycles. The van der Waals surface area contributed by atoms with E-state index in [2.05, 4.69) is 27.3 Å². The lowest BCUT2D eigenvalue weighted by molar-refractivity contribution is -0.147. The van der Waals surface area contributed by atoms with Gasteiger partial charge in [0, 0.05) is 49.5 Å². The highest BCUT2D eigenvalue weighted by molar-refractivity contribution is 7.09. The standard InChI is InChI=1S/C19H26N4O3S/c1-10-4-3-5-22(7-10)18(25)12-6-15-16(24)13-8-23(9-14(13)17(12)26-15)19-20-11(2)21-27-19/h4,12-17,24H,3,5-9H2,1-2H3/t12?,13-,14+,15+,16+,17-/m1/s1. The number of aliphatic hydroxyl groups excluding tert-OH is 1. The van der Waals surface area contributed by atoms with Gasteiger partial charge in [-0.25, -0.2) is 4.98 Å². The van der Waals surface area contributed by atoms with Gasteiger partial charge in [-0.2, -0.15) is 4.37 Å². The highest BCUT2D eigenvalue weighted by Gasteiger charge is 2.58. The van der Waals surface area contributed by atoms with Gasteiger partial charge in [-0.3, -0.25) is 4.79 Å². The average molecular weight is 391 g/mol. The lowest BCUT2D eigenvalue weighted by Crippen LogP contribution is -2.48. The van der Waals surface area contributed by atoms with Crippen molar-refractivity contribution in [2.75, 3.05) is 31.1 Å². The van der Waals surface area contributed by atoms with E-state index in [9.17, 15) is 9.90 Å². The van der Waals surface area contributed by atoms with Crippen LogP contribution in [0.2, 0.25) is 0 Å². The van der Waals surface area contributed by atoms with Crippen LogP contribution in [0.5, 0.6) is 0 Å². The second-order valence-corrected chi connectivity index (χ2v) is 9.16. The van der Waals surface area contributed by atoms with Crippen LogP contribution < -0.4 is 4.90 Å². The molecule has 3 saturated heterocycles. The van der Waals surface area contributed by atoms with Crippen molar-refractivity contribution in [1.82, 2.24) is 14.3 Å². The number of hydrogen-bond acceptors (Lipinski definition) is 7. The van der Waals surface area contributed by atoms with Gasteiger partial charge >= 0.3 is 0 Å². The molecule has 7 nitrogen and oxygen atoms in total. The number of aryl methyl sites for hydroxylation is 1. The minimum atomic E-state index is -0.508. The summed E-state index contributed by atoms with van der Waals surface area (Å²) in [4.78, 5) is 21.9. The summed E-state index contributed by atoms with van der Waals surface area (Å²) >= 11 is 1.40. The number of aromatic nitrogens is 2. The number of anilines is 1. The van der Waals surface area contributed by atoms with E-state index < -0.39 is 6.10 Å². The Morgan fingerprint density at radius 1 is 1.33 bits per heavy atom. The molecule has 8 heteroatoms. The number of ether oxygens (including phenoxy) is 1. The van der Waals surface area contributed by atoms with Crippen LogP contribution in [0.3, 0.4) is 0 Å². The Balaban J connectivity index is 1.36. The van der Waals surface area contributed by atoms with E-state index in [1.54, 1.807) is 0 Å². The highest BCUT2D eigenvalue weighted by atomic mass is 32.1. The zero-order chi connectivity index (χ0) is 18.7. The Labute approximate surface area is 163 Å². The van der Waals surface area contributed by atoms with Gasteiger partial charge in [0.25, 0.3) is 0 Å². The quantitative estimate of drug-likeness (QED) is 0.765. The van der Waals surface area contributed by atoms with E-state index in [1.807, 2.05) is 11.8 Å². The molecule has 4 aliphatic heterocycles. The fourth-order valence-corrected chi connectivity index (χ4v) is 6.03. The van der Waals surface area contributed by atoms with E-state index in [1.165, 1.54) is 17.1 Å². The lowest BCUT2D eigenvalue weighted by Gasteiger charge is -2.37. The van der Waals surface area contributed by atoms with E-state index >= 15 is 0 Å². The van der Waals surface area contributed by atoms with Crippen molar-refractivity contribution in [3.8, 4) is 0 Å². The van der Waals surface area contributed by atoms with Crippen molar-refractivity contribution >= 4 is 22.6 Å². The predicted octanol–water partition coefficient (Wildman–Crippen LogP) is 1.23. The van der Waals surface area contributed by atoms with Crippen LogP contribution in [-0.2, 0) is 9.53 Å². The summed E-state index contributed by atoms with van der Waals surface area (Å²) in [7, 11) is 0. The van der Waals surface area contributed by atoms with Gasteiger partial charge in [-0.15, -0.1) is 0 Å². The van der Waals surface area contributed by atoms with Crippen LogP contribution >= 0.6 is 11.5 Å². The Hall–Kier alpha value is -1.51. The van der Waals surface area contributed by atoms with Gasteiger partial charge in [0.05, 0.1) is 24.2 Å². The van der Waals surface area contributed by atoms with Crippen molar-refractivity contribution in [3.63, 3.8) is 0 Å². The smallest absolute Gasteiger partial charge is 0.228 e. The average Bonchev–Trinajstić information content (AvgIpc) is 3.36. The molecule has 0 aromatic carbocycles. The summed E-state index contributed by atoms with van der Waals surface area (Å²) in [5.41, 5.74) is 1.26. The molecule has 5 rings (SSSR count). The maximum absolute atomic E-state index is 13.2. The van der Waals surface area contributed by atoms with Gasteiger partial charge in [-0.1, -0.05) is 11.6 Å². The maximum atomic E-state index is 13.2. The summed E-state index contributed by atoms with van der Waals surface area (Å²) in [5.74, 6) is 1.15. The number of hydrogen-bond donors (Lipinski definition) is 1. The first-order valence-corrected chi connectivity index (χ1v) is 10.6. The summed E-state index contributed by atoms with van der Waals surface area (Å²) < 4.78 is 10.5. The molecule has 0 aliphatic carbocycles. The van der Waals surface area contributed by atoms with Crippen LogP contribution in [0, 0.1) is 24.7 Å². The number of carbonyl (C=O) groups excluding carboxylic acids is 1. The molecule has 146 valence electrons. The van der Waals surface area contributed by atoms with Gasteiger partial charge in [-0.05, 0) is 26.7 Å². The maximum Gasteiger partial charge on any atom is 0.228 e. The SMILES string of the molecule is CC1=CCCN(C(=O)C2C[C@@H]3O[C@H]2[C@H]2CN(c4nc(C)ns4)C[C@H]2[C@@H]3O)C1. The van der Waals surface area contributed by atoms with Crippen LogP contribution in [0.1, 0.15) is 25.6 Å². The molecule has 1 aromatic heterocycles. The first kappa shape index (κ1) is 17.6. The highest BCUT2D eigenvalue weighted by Crippen LogP contribution is 2.48. The van der Waals surface area contributed by atoms with Crippen LogP contribution in [0.25, 0.3) is 0 Å². The molecule has 6 atom stereocenters. The first-order valence-electron chi connectivity index (χ1n) is 9.84. The Morgan fingerprint density at radius 3 is 2.89 bits per heavy atom. The minimum Gasteiger partial charge on any atom is -0.390 e. The molecule has 1 N–H and O–H groups in total. The van der Waals surface area contributed by atoms with E-state index in [0.717, 1.165) is 43.6 Å². The second kappa shape index (κ2) is 6.53. The van der Waals surface area contributed by atoms with Gasteiger partial charge in [0.2, 0.25) is 11.0 Å². The fraction of sp³-hybridized carbons (Fsp3) is 0.737. The monoisotopic (exact) mass is 390 g/mol. The zero-order valence-corrected chi connectivity index (χ0v) is 16.6. The van der Waals surface area contributed by atoms with Crippen molar-refractivity contribution < 1.29 is 14.6 Å². The normalized spacial score (nSPS) is 38.1. The summed E-state index contributed by atoms with van der Waals surface area (Å²) in [6.45, 7) is 7.03. The topological polar surface area (TPSA) is 78.8 Å². The molecule has 1 aromatic rings. The number of carbonyl (C=O) groups is 1. The summed E-state index contributed by atoms with van der Waals surface area (Å²) in [6.07, 6.45) is 2.97. The largest absolute Gasteiger partial charge is 0.390 e. The Kier molecular flexibility index (Phi) is 4.25. The number of aliphatic hydroxyl groups is 1. The molecule has 0 radical (unpaired) electrons. The fourth-order valence-electron chi connectivity index (χ4n) is 5.34. The van der Waals surface area contributed by atoms with E-state index in [4.69, 9.17) is 4.74 Å². The predicted molar refractivity (Wildman–Crippen MR) is 102 cm³/mol. The van der Waals surface area contributed by atoms with E-state index in [0.29, 0.717) is 6.42 Å². The van der Waals surface area contributed by atoms with Crippen LogP contribution in [0.15, 0.2) is 11.6 Å². The number of amides is 1. The Morgan fingerprint density at radius 2 is 2.15 bits per heavy atom. The van der Waals surface area contributed by atoms with Crippen molar-refractivity contribution in [2.45, 2.75) is 45.0 Å². The molecule has 1 amide bonds. The second-order valence-electron chi connectivity index (χ2n) is 8.43. The minimum absolute atomic E-state index is 0.0962. The molecule has 0 saturated carbocycles. The molecular weight excluding hydrogens is 364 g/mol. The molecular formula is C19H26N4O3S. The third-order valence-electron chi connectivity index (χ3n) is 6.62. The van der Waals surface area contributed by atoms with Gasteiger partial charge in [0.15, 0.2) is 0 Å². The number of rotatable bonds is 2.